The Hall–Kier alpha value is -0.950. The zero-order valence-corrected chi connectivity index (χ0v) is 14.4. The van der Waals surface area contributed by atoms with Crippen LogP contribution in [0.25, 0.3) is 0 Å². The Morgan fingerprint density at radius 1 is 1.27 bits per heavy atom. The third-order valence-electron chi connectivity index (χ3n) is 4.00. The molecular weight excluding hydrogens is 300 g/mol. The minimum atomic E-state index is -3.14. The van der Waals surface area contributed by atoms with Crippen LogP contribution in [-0.4, -0.2) is 68.9 Å². The molecule has 0 amide bonds. The van der Waals surface area contributed by atoms with E-state index in [-0.39, 0.29) is 0 Å². The summed E-state index contributed by atoms with van der Waals surface area (Å²) < 4.78 is 22.9. The lowest BCUT2D eigenvalue weighted by Crippen LogP contribution is -2.52. The van der Waals surface area contributed by atoms with E-state index >= 15 is 0 Å². The lowest BCUT2D eigenvalue weighted by atomic mass is 9.92. The smallest absolute Gasteiger partial charge is 0.175 e. The van der Waals surface area contributed by atoms with Crippen LogP contribution >= 0.6 is 0 Å². The standard InChI is InChI=1S/C16H26N2O3S/c1-17(2)12-16(19)9-4-10-18(13-16)11-14-5-7-15(8-6-14)22(3,20)21/h5-8,19H,4,9-13H2,1-3H3. The number of likely N-dealkylation sites (N-methyl/N-ethyl adjacent to an activating group) is 1. The van der Waals surface area contributed by atoms with Gasteiger partial charge in [0.2, 0.25) is 0 Å². The fraction of sp³-hybridized carbons (Fsp3) is 0.625. The van der Waals surface area contributed by atoms with Gasteiger partial charge in [-0.3, -0.25) is 4.90 Å². The van der Waals surface area contributed by atoms with E-state index in [9.17, 15) is 13.5 Å². The molecule has 124 valence electrons. The first-order valence-corrected chi connectivity index (χ1v) is 9.46. The molecule has 1 aliphatic rings. The van der Waals surface area contributed by atoms with Gasteiger partial charge in [-0.25, -0.2) is 8.42 Å². The second-order valence-corrected chi connectivity index (χ2v) is 8.71. The van der Waals surface area contributed by atoms with Crippen LogP contribution < -0.4 is 0 Å². The van der Waals surface area contributed by atoms with Crippen molar-refractivity contribution in [3.8, 4) is 0 Å². The number of nitrogens with zero attached hydrogens (tertiary/aromatic N) is 2. The first-order valence-electron chi connectivity index (χ1n) is 7.56. The topological polar surface area (TPSA) is 60.9 Å². The fourth-order valence-electron chi connectivity index (χ4n) is 3.16. The summed E-state index contributed by atoms with van der Waals surface area (Å²) in [5.41, 5.74) is 0.413. The van der Waals surface area contributed by atoms with Crippen LogP contribution in [0.5, 0.6) is 0 Å². The Bertz CT molecular complexity index is 598. The van der Waals surface area contributed by atoms with Gasteiger partial charge in [-0.05, 0) is 51.2 Å². The number of hydrogen-bond donors (Lipinski definition) is 1. The van der Waals surface area contributed by atoms with Gasteiger partial charge in [-0.15, -0.1) is 0 Å². The average molecular weight is 326 g/mol. The van der Waals surface area contributed by atoms with Crippen molar-refractivity contribution in [3.63, 3.8) is 0 Å². The molecule has 22 heavy (non-hydrogen) atoms. The molecule has 2 rings (SSSR count). The minimum absolute atomic E-state index is 0.346. The molecule has 0 aliphatic carbocycles. The van der Waals surface area contributed by atoms with Gasteiger partial charge in [0.05, 0.1) is 10.5 Å². The summed E-state index contributed by atoms with van der Waals surface area (Å²) in [7, 11) is 0.802. The van der Waals surface area contributed by atoms with Crippen LogP contribution in [0.15, 0.2) is 29.2 Å². The monoisotopic (exact) mass is 326 g/mol. The summed E-state index contributed by atoms with van der Waals surface area (Å²) in [5, 5.41) is 10.7. The van der Waals surface area contributed by atoms with Crippen molar-refractivity contribution in [1.29, 1.82) is 0 Å². The quantitative estimate of drug-likeness (QED) is 0.874. The Kier molecular flexibility index (Phi) is 5.27. The minimum Gasteiger partial charge on any atom is -0.387 e. The lowest BCUT2D eigenvalue weighted by molar-refractivity contribution is -0.0479. The lowest BCUT2D eigenvalue weighted by Gasteiger charge is -2.40. The van der Waals surface area contributed by atoms with Crippen LogP contribution in [0, 0.1) is 0 Å². The van der Waals surface area contributed by atoms with E-state index in [4.69, 9.17) is 0 Å². The molecule has 0 radical (unpaired) electrons. The maximum Gasteiger partial charge on any atom is 0.175 e. The number of benzene rings is 1. The molecule has 1 aliphatic heterocycles. The molecule has 0 spiro atoms. The van der Waals surface area contributed by atoms with E-state index in [1.165, 1.54) is 6.26 Å². The average Bonchev–Trinajstić information content (AvgIpc) is 2.36. The van der Waals surface area contributed by atoms with Gasteiger partial charge in [-0.2, -0.15) is 0 Å². The van der Waals surface area contributed by atoms with E-state index in [1.807, 2.05) is 31.1 Å². The molecule has 1 heterocycles. The van der Waals surface area contributed by atoms with Crippen LogP contribution in [0.1, 0.15) is 18.4 Å². The van der Waals surface area contributed by atoms with E-state index in [1.54, 1.807) is 12.1 Å². The van der Waals surface area contributed by atoms with Crippen molar-refractivity contribution in [2.24, 2.45) is 0 Å². The van der Waals surface area contributed by atoms with Gasteiger partial charge < -0.3 is 10.0 Å². The van der Waals surface area contributed by atoms with Gasteiger partial charge in [0.15, 0.2) is 9.84 Å². The summed E-state index contributed by atoms with van der Waals surface area (Å²) in [5.74, 6) is 0. The number of sulfone groups is 1. The Labute approximate surface area is 133 Å². The highest BCUT2D eigenvalue weighted by Gasteiger charge is 2.33. The zero-order valence-electron chi connectivity index (χ0n) is 13.6. The summed E-state index contributed by atoms with van der Waals surface area (Å²) >= 11 is 0. The fourth-order valence-corrected chi connectivity index (χ4v) is 3.79. The van der Waals surface area contributed by atoms with Crippen molar-refractivity contribution in [3.05, 3.63) is 29.8 Å². The van der Waals surface area contributed by atoms with Crippen molar-refractivity contribution in [2.45, 2.75) is 29.9 Å². The Balaban J connectivity index is 2.01. The summed E-state index contributed by atoms with van der Waals surface area (Å²) in [6.07, 6.45) is 3.02. The van der Waals surface area contributed by atoms with Crippen molar-refractivity contribution >= 4 is 9.84 Å². The van der Waals surface area contributed by atoms with Crippen molar-refractivity contribution in [1.82, 2.24) is 9.80 Å². The number of likely N-dealkylation sites (tertiary alicyclic amines) is 1. The number of rotatable bonds is 5. The highest BCUT2D eigenvalue weighted by molar-refractivity contribution is 7.90. The van der Waals surface area contributed by atoms with Crippen molar-refractivity contribution in [2.75, 3.05) is 40.0 Å². The highest BCUT2D eigenvalue weighted by atomic mass is 32.2. The van der Waals surface area contributed by atoms with Gasteiger partial charge >= 0.3 is 0 Å². The van der Waals surface area contributed by atoms with Gasteiger partial charge in [0.1, 0.15) is 0 Å². The number of aliphatic hydroxyl groups is 1. The SMILES string of the molecule is CN(C)CC1(O)CCCN(Cc2ccc(S(C)(=O)=O)cc2)C1. The van der Waals surface area contributed by atoms with Crippen LogP contribution in [-0.2, 0) is 16.4 Å². The predicted molar refractivity (Wildman–Crippen MR) is 87.6 cm³/mol. The van der Waals surface area contributed by atoms with Gasteiger partial charge in [0, 0.05) is 25.9 Å². The predicted octanol–water partition coefficient (Wildman–Crippen LogP) is 0.979. The van der Waals surface area contributed by atoms with E-state index in [2.05, 4.69) is 4.90 Å². The first kappa shape index (κ1) is 17.4. The summed E-state index contributed by atoms with van der Waals surface area (Å²) in [6, 6.07) is 7.02. The maximum absolute atomic E-state index is 11.5. The largest absolute Gasteiger partial charge is 0.387 e. The molecule has 1 unspecified atom stereocenters. The third kappa shape index (κ3) is 4.78. The van der Waals surface area contributed by atoms with Crippen molar-refractivity contribution < 1.29 is 13.5 Å². The molecule has 1 fully saturated rings. The molecule has 1 atom stereocenters. The Morgan fingerprint density at radius 2 is 1.91 bits per heavy atom. The highest BCUT2D eigenvalue weighted by Crippen LogP contribution is 2.23. The normalized spacial score (nSPS) is 23.9. The number of piperidine rings is 1. The molecule has 1 saturated heterocycles. The second-order valence-electron chi connectivity index (χ2n) is 6.69. The zero-order chi connectivity index (χ0) is 16.4. The van der Waals surface area contributed by atoms with E-state index < -0.39 is 15.4 Å². The van der Waals surface area contributed by atoms with Crippen LogP contribution in [0.4, 0.5) is 0 Å². The third-order valence-corrected chi connectivity index (χ3v) is 5.13. The molecule has 0 saturated carbocycles. The molecule has 0 aromatic heterocycles. The molecule has 1 aromatic carbocycles. The molecule has 1 aromatic rings. The summed E-state index contributed by atoms with van der Waals surface area (Å²) in [6.45, 7) is 3.01. The molecule has 5 nitrogen and oxygen atoms in total. The van der Waals surface area contributed by atoms with Crippen LogP contribution in [0.3, 0.4) is 0 Å². The van der Waals surface area contributed by atoms with E-state index in [0.29, 0.717) is 18.0 Å². The maximum atomic E-state index is 11.5. The Morgan fingerprint density at radius 3 is 2.45 bits per heavy atom. The summed E-state index contributed by atoms with van der Waals surface area (Å²) in [4.78, 5) is 4.60. The molecular formula is C16H26N2O3S. The van der Waals surface area contributed by atoms with Crippen LogP contribution in [0.2, 0.25) is 0 Å². The number of hydrogen-bond acceptors (Lipinski definition) is 5. The molecule has 6 heteroatoms. The number of β-amino-alcohol motifs (C(OH)–C–C–N with tert-alkyl or cyclic N) is 1. The second kappa shape index (κ2) is 6.66. The molecule has 1 N–H and O–H groups in total. The van der Waals surface area contributed by atoms with Gasteiger partial charge in [0.25, 0.3) is 0 Å². The van der Waals surface area contributed by atoms with Gasteiger partial charge in [-0.1, -0.05) is 12.1 Å². The molecule has 0 bridgehead atoms. The van der Waals surface area contributed by atoms with E-state index in [0.717, 1.165) is 31.5 Å². The first-order chi connectivity index (χ1) is 10.2.